The van der Waals surface area contributed by atoms with E-state index in [4.69, 9.17) is 0 Å². The number of rotatable bonds is 6. The van der Waals surface area contributed by atoms with Gasteiger partial charge in [-0.2, -0.15) is 12.8 Å². The van der Waals surface area contributed by atoms with Gasteiger partial charge in [-0.25, -0.2) is 4.98 Å². The number of sulfonamides is 1. The van der Waals surface area contributed by atoms with Crippen LogP contribution in [0.3, 0.4) is 0 Å². The minimum Gasteiger partial charge on any atom is -0.303 e. The maximum atomic E-state index is 13.0. The molecule has 30 heavy (non-hydrogen) atoms. The number of likely N-dealkylation sites (tertiary alicyclic amines) is 1. The van der Waals surface area contributed by atoms with E-state index in [2.05, 4.69) is 25.9 Å². The zero-order valence-electron chi connectivity index (χ0n) is 16.9. The third-order valence-corrected chi connectivity index (χ3v) is 8.14. The van der Waals surface area contributed by atoms with E-state index in [-0.39, 0.29) is 5.03 Å². The van der Waals surface area contributed by atoms with Gasteiger partial charge in [-0.05, 0) is 92.1 Å². The second kappa shape index (κ2) is 7.76. The Hall–Kier alpha value is -2.29. The number of aromatic nitrogens is 2. The maximum absolute atomic E-state index is 13.0. The topological polar surface area (TPSA) is 75.2 Å². The van der Waals surface area contributed by atoms with Crippen molar-refractivity contribution in [2.45, 2.75) is 37.6 Å². The van der Waals surface area contributed by atoms with Crippen molar-refractivity contribution in [1.82, 2.24) is 14.3 Å². The predicted octanol–water partition coefficient (Wildman–Crippen LogP) is 4.31. The van der Waals surface area contributed by atoms with Crippen molar-refractivity contribution in [3.63, 3.8) is 0 Å². The van der Waals surface area contributed by atoms with Crippen LogP contribution in [0.4, 0.5) is 5.69 Å². The summed E-state index contributed by atoms with van der Waals surface area (Å²) in [6, 6.07) is 7.65. The van der Waals surface area contributed by atoms with Crippen LogP contribution in [-0.4, -0.2) is 42.3 Å². The lowest BCUT2D eigenvalue weighted by atomic mass is 10.0. The number of fused-ring (bicyclic) bond motifs is 2. The predicted molar refractivity (Wildman–Crippen MR) is 121 cm³/mol. The van der Waals surface area contributed by atoms with Gasteiger partial charge in [0.25, 0.3) is 10.0 Å². The molecule has 1 N–H and O–H groups in total. The fourth-order valence-corrected chi connectivity index (χ4v) is 6.40. The van der Waals surface area contributed by atoms with E-state index in [1.807, 2.05) is 18.2 Å². The maximum Gasteiger partial charge on any atom is 0.280 e. The van der Waals surface area contributed by atoms with Crippen LogP contribution >= 0.6 is 11.5 Å². The quantitative estimate of drug-likeness (QED) is 0.618. The first kappa shape index (κ1) is 19.7. The Bertz CT molecular complexity index is 1240. The second-order valence-corrected chi connectivity index (χ2v) is 10.5. The van der Waals surface area contributed by atoms with Crippen LogP contribution in [0.25, 0.3) is 15.7 Å². The van der Waals surface area contributed by atoms with Gasteiger partial charge in [0.1, 0.15) is 0 Å². The highest BCUT2D eigenvalue weighted by atomic mass is 32.2. The summed E-state index contributed by atoms with van der Waals surface area (Å²) in [4.78, 5) is 6.64. The third-order valence-electron chi connectivity index (χ3n) is 6.04. The van der Waals surface area contributed by atoms with Gasteiger partial charge in [0.05, 0.1) is 16.3 Å². The van der Waals surface area contributed by atoms with Gasteiger partial charge in [0, 0.05) is 18.4 Å². The molecule has 1 saturated heterocycles. The molecule has 0 saturated carbocycles. The van der Waals surface area contributed by atoms with E-state index in [1.165, 1.54) is 65.9 Å². The van der Waals surface area contributed by atoms with Gasteiger partial charge >= 0.3 is 0 Å². The Morgan fingerprint density at radius 3 is 2.87 bits per heavy atom. The van der Waals surface area contributed by atoms with E-state index in [0.717, 1.165) is 24.1 Å². The number of hydrogen-bond acceptors (Lipinski definition) is 6. The molecule has 6 nitrogen and oxygen atoms in total. The number of anilines is 1. The van der Waals surface area contributed by atoms with Crippen LogP contribution in [0.15, 0.2) is 47.3 Å². The molecule has 0 unspecified atom stereocenters. The highest BCUT2D eigenvalue weighted by Crippen LogP contribution is 2.37. The Kier molecular flexibility index (Phi) is 5.08. The zero-order valence-corrected chi connectivity index (χ0v) is 18.5. The van der Waals surface area contributed by atoms with Crippen molar-refractivity contribution in [3.05, 3.63) is 53.4 Å². The minimum atomic E-state index is -3.80. The summed E-state index contributed by atoms with van der Waals surface area (Å²) >= 11 is 1.26. The first-order valence-electron chi connectivity index (χ1n) is 10.3. The highest BCUT2D eigenvalue weighted by molar-refractivity contribution is 7.92. The Morgan fingerprint density at radius 1 is 1.20 bits per heavy atom. The summed E-state index contributed by atoms with van der Waals surface area (Å²) in [5.74, 6) is 0. The van der Waals surface area contributed by atoms with Crippen LogP contribution in [0.2, 0.25) is 0 Å². The molecular weight excluding hydrogens is 416 g/mol. The van der Waals surface area contributed by atoms with E-state index >= 15 is 0 Å². The molecule has 156 valence electrons. The first-order chi connectivity index (χ1) is 14.5. The Balaban J connectivity index is 1.41. The molecule has 1 fully saturated rings. The molecule has 2 aromatic heterocycles. The second-order valence-electron chi connectivity index (χ2n) is 8.07. The van der Waals surface area contributed by atoms with Crippen LogP contribution in [0.5, 0.6) is 0 Å². The van der Waals surface area contributed by atoms with Crippen LogP contribution < -0.4 is 4.72 Å². The molecule has 1 aliphatic carbocycles. The van der Waals surface area contributed by atoms with Gasteiger partial charge in [-0.15, -0.1) is 0 Å². The third kappa shape index (κ3) is 3.64. The number of nitrogens with zero attached hydrogens (tertiary/aromatic N) is 3. The van der Waals surface area contributed by atoms with Crippen molar-refractivity contribution in [1.29, 1.82) is 0 Å². The summed E-state index contributed by atoms with van der Waals surface area (Å²) in [6.07, 6.45) is 7.62. The van der Waals surface area contributed by atoms with Crippen molar-refractivity contribution >= 4 is 42.9 Å². The largest absolute Gasteiger partial charge is 0.303 e. The van der Waals surface area contributed by atoms with Crippen molar-refractivity contribution < 1.29 is 8.42 Å². The van der Waals surface area contributed by atoms with Crippen molar-refractivity contribution in [3.8, 4) is 0 Å². The average Bonchev–Trinajstić information content (AvgIpc) is 3.45. The molecule has 8 heteroatoms. The van der Waals surface area contributed by atoms with E-state index < -0.39 is 10.0 Å². The van der Waals surface area contributed by atoms with E-state index in [9.17, 15) is 8.42 Å². The molecular formula is C22H24N4O2S2. The molecule has 0 bridgehead atoms. The van der Waals surface area contributed by atoms with Crippen LogP contribution in [-0.2, 0) is 16.4 Å². The lowest BCUT2D eigenvalue weighted by Crippen LogP contribution is -2.20. The molecule has 0 spiro atoms. The summed E-state index contributed by atoms with van der Waals surface area (Å²) < 4.78 is 33.7. The Morgan fingerprint density at radius 2 is 2.03 bits per heavy atom. The zero-order chi connectivity index (χ0) is 20.7. The number of hydrogen-bond donors (Lipinski definition) is 1. The monoisotopic (exact) mass is 440 g/mol. The fourth-order valence-electron chi connectivity index (χ4n) is 4.51. The molecule has 1 aromatic carbocycles. The van der Waals surface area contributed by atoms with Gasteiger partial charge < -0.3 is 4.90 Å². The first-order valence-corrected chi connectivity index (χ1v) is 12.5. The molecule has 2 aliphatic rings. The summed E-state index contributed by atoms with van der Waals surface area (Å²) in [5, 5.41) is 0.577. The fraction of sp³-hybridized carbons (Fsp3) is 0.364. The molecule has 5 rings (SSSR count). The van der Waals surface area contributed by atoms with Crippen LogP contribution in [0, 0.1) is 0 Å². The van der Waals surface area contributed by atoms with Crippen molar-refractivity contribution in [2.75, 3.05) is 24.4 Å². The van der Waals surface area contributed by atoms with Gasteiger partial charge in [0.2, 0.25) is 0 Å². The summed E-state index contributed by atoms with van der Waals surface area (Å²) in [7, 11) is -3.80. The molecule has 0 atom stereocenters. The van der Waals surface area contributed by atoms with E-state index in [1.54, 1.807) is 12.3 Å². The molecule has 3 heterocycles. The van der Waals surface area contributed by atoms with E-state index in [0.29, 0.717) is 11.1 Å². The lowest BCUT2D eigenvalue weighted by molar-refractivity contribution is 0.348. The van der Waals surface area contributed by atoms with Gasteiger partial charge in [-0.1, -0.05) is 11.6 Å². The molecule has 1 aliphatic heterocycles. The molecule has 0 radical (unpaired) electrons. The standard InChI is InChI=1S/C22H24N4O2S2/c1-15-12-16-4-5-17(13-19(16)18(15)7-11-26-9-2-3-10-26)25-30(27,28)22-20-14-24-29-21(20)6-8-23-22/h4-6,8,13-14,25H,2-3,7,9-12H2,1H3. The van der Waals surface area contributed by atoms with Crippen LogP contribution in [0.1, 0.15) is 37.3 Å². The SMILES string of the molecule is CC1=C(CCN2CCCC2)c2cc(NS(=O)(=O)c3nccc4sncc34)ccc2C1. The molecule has 0 amide bonds. The summed E-state index contributed by atoms with van der Waals surface area (Å²) in [6.45, 7) is 5.64. The Labute approximate surface area is 180 Å². The summed E-state index contributed by atoms with van der Waals surface area (Å²) in [5.41, 5.74) is 5.77. The number of benzene rings is 1. The number of nitrogens with one attached hydrogen (secondary N) is 1. The average molecular weight is 441 g/mol. The highest BCUT2D eigenvalue weighted by Gasteiger charge is 2.24. The van der Waals surface area contributed by atoms with Gasteiger partial charge in [0.15, 0.2) is 5.03 Å². The number of pyridine rings is 1. The lowest BCUT2D eigenvalue weighted by Gasteiger charge is -2.16. The number of allylic oxidation sites excluding steroid dienone is 1. The van der Waals surface area contributed by atoms with Gasteiger partial charge in [-0.3, -0.25) is 4.72 Å². The minimum absolute atomic E-state index is 0.0234. The molecule has 3 aromatic rings. The van der Waals surface area contributed by atoms with Crippen molar-refractivity contribution in [2.24, 2.45) is 0 Å². The smallest absolute Gasteiger partial charge is 0.280 e. The normalized spacial score (nSPS) is 17.1.